The second-order valence-electron chi connectivity index (χ2n) is 3.72. The van der Waals surface area contributed by atoms with Crippen LogP contribution in [0.25, 0.3) is 22.3 Å². The van der Waals surface area contributed by atoms with E-state index in [1.807, 2.05) is 18.2 Å². The van der Waals surface area contributed by atoms with Gasteiger partial charge in [0.2, 0.25) is 5.88 Å². The minimum atomic E-state index is -0.250. The van der Waals surface area contributed by atoms with Crippen molar-refractivity contribution >= 4 is 11.0 Å². The van der Waals surface area contributed by atoms with Crippen molar-refractivity contribution in [1.82, 2.24) is 19.9 Å². The molecular formula is C12H10N4O2. The van der Waals surface area contributed by atoms with E-state index in [0.29, 0.717) is 17.1 Å². The third-order valence-electron chi connectivity index (χ3n) is 2.66. The van der Waals surface area contributed by atoms with Crippen LogP contribution < -0.4 is 10.4 Å². The van der Waals surface area contributed by atoms with Crippen molar-refractivity contribution in [2.45, 2.75) is 0 Å². The number of fused-ring (bicyclic) bond motifs is 1. The molecule has 0 aliphatic carbocycles. The van der Waals surface area contributed by atoms with Crippen LogP contribution in [0.3, 0.4) is 0 Å². The summed E-state index contributed by atoms with van der Waals surface area (Å²) in [4.78, 5) is 25.2. The highest BCUT2D eigenvalue weighted by atomic mass is 16.5. The van der Waals surface area contributed by atoms with E-state index in [2.05, 4.69) is 19.9 Å². The number of imidazole rings is 1. The molecule has 6 heteroatoms. The van der Waals surface area contributed by atoms with Crippen LogP contribution >= 0.6 is 0 Å². The van der Waals surface area contributed by atoms with Crippen LogP contribution in [0.4, 0.5) is 0 Å². The number of para-hydroxylation sites is 1. The molecule has 2 heterocycles. The molecule has 0 bridgehead atoms. The normalized spacial score (nSPS) is 10.7. The Labute approximate surface area is 102 Å². The highest BCUT2D eigenvalue weighted by molar-refractivity contribution is 5.91. The Morgan fingerprint density at radius 3 is 2.83 bits per heavy atom. The molecule has 6 nitrogen and oxygen atoms in total. The number of nitrogens with one attached hydrogen (secondary N) is 2. The first-order valence-corrected chi connectivity index (χ1v) is 5.36. The molecule has 90 valence electrons. The quantitative estimate of drug-likeness (QED) is 0.709. The minimum Gasteiger partial charge on any atom is -0.479 e. The molecule has 0 spiro atoms. The van der Waals surface area contributed by atoms with E-state index in [1.165, 1.54) is 7.11 Å². The van der Waals surface area contributed by atoms with E-state index in [4.69, 9.17) is 4.74 Å². The van der Waals surface area contributed by atoms with E-state index < -0.39 is 0 Å². The summed E-state index contributed by atoms with van der Waals surface area (Å²) in [6.45, 7) is 0. The Morgan fingerprint density at radius 1 is 1.17 bits per heavy atom. The average molecular weight is 242 g/mol. The van der Waals surface area contributed by atoms with E-state index in [0.717, 1.165) is 11.1 Å². The zero-order chi connectivity index (χ0) is 12.5. The summed E-state index contributed by atoms with van der Waals surface area (Å²) in [5.41, 5.74) is 2.54. The Morgan fingerprint density at radius 2 is 2.00 bits per heavy atom. The lowest BCUT2D eigenvalue weighted by Gasteiger charge is -2.06. The zero-order valence-corrected chi connectivity index (χ0v) is 9.60. The second-order valence-corrected chi connectivity index (χ2v) is 3.72. The maximum atomic E-state index is 11.3. The van der Waals surface area contributed by atoms with Crippen molar-refractivity contribution in [1.29, 1.82) is 0 Å². The van der Waals surface area contributed by atoms with Gasteiger partial charge in [-0.25, -0.2) is 14.8 Å². The predicted octanol–water partition coefficient (Wildman–Crippen LogP) is 1.32. The lowest BCUT2D eigenvalue weighted by atomic mass is 10.1. The number of aromatic amines is 2. The van der Waals surface area contributed by atoms with Crippen molar-refractivity contribution in [3.63, 3.8) is 0 Å². The summed E-state index contributed by atoms with van der Waals surface area (Å²) in [6.07, 6.45) is 3.14. The molecule has 0 aliphatic heterocycles. The van der Waals surface area contributed by atoms with Crippen molar-refractivity contribution < 1.29 is 4.74 Å². The Hall–Kier alpha value is -2.63. The van der Waals surface area contributed by atoms with Crippen LogP contribution in [0.15, 0.2) is 35.4 Å². The molecular weight excluding hydrogens is 232 g/mol. The van der Waals surface area contributed by atoms with Crippen molar-refractivity contribution in [2.24, 2.45) is 0 Å². The summed E-state index contributed by atoms with van der Waals surface area (Å²) in [6, 6.07) is 5.52. The smallest absolute Gasteiger partial charge is 0.323 e. The van der Waals surface area contributed by atoms with E-state index in [-0.39, 0.29) is 5.69 Å². The maximum absolute atomic E-state index is 11.3. The summed E-state index contributed by atoms with van der Waals surface area (Å²) in [5.74, 6) is 0.423. The third-order valence-corrected chi connectivity index (χ3v) is 2.66. The van der Waals surface area contributed by atoms with Gasteiger partial charge in [0, 0.05) is 18.0 Å². The van der Waals surface area contributed by atoms with Crippen LogP contribution in [0.2, 0.25) is 0 Å². The first-order valence-electron chi connectivity index (χ1n) is 5.36. The number of H-pyrrole nitrogens is 2. The van der Waals surface area contributed by atoms with E-state index in [1.54, 1.807) is 12.4 Å². The molecule has 3 aromatic rings. The van der Waals surface area contributed by atoms with E-state index in [9.17, 15) is 4.79 Å². The zero-order valence-electron chi connectivity index (χ0n) is 9.60. The van der Waals surface area contributed by atoms with Crippen LogP contribution in [0.5, 0.6) is 5.88 Å². The van der Waals surface area contributed by atoms with Crippen LogP contribution in [-0.2, 0) is 0 Å². The van der Waals surface area contributed by atoms with Gasteiger partial charge in [0.25, 0.3) is 0 Å². The Bertz CT molecular complexity index is 760. The molecule has 1 aromatic carbocycles. The number of rotatable bonds is 2. The number of aromatic nitrogens is 4. The van der Waals surface area contributed by atoms with Gasteiger partial charge >= 0.3 is 5.69 Å². The van der Waals surface area contributed by atoms with Gasteiger partial charge in [-0.1, -0.05) is 12.1 Å². The van der Waals surface area contributed by atoms with Gasteiger partial charge in [0.15, 0.2) is 0 Å². The number of ether oxygens (including phenoxy) is 1. The summed E-state index contributed by atoms with van der Waals surface area (Å²) < 4.78 is 5.18. The largest absolute Gasteiger partial charge is 0.479 e. The molecule has 0 saturated heterocycles. The number of benzene rings is 1. The maximum Gasteiger partial charge on any atom is 0.323 e. The van der Waals surface area contributed by atoms with Crippen molar-refractivity contribution in [3.8, 4) is 17.1 Å². The number of methoxy groups -OCH3 is 1. The Balaban J connectivity index is 2.34. The topological polar surface area (TPSA) is 83.7 Å². The highest BCUT2D eigenvalue weighted by Crippen LogP contribution is 2.29. The van der Waals surface area contributed by atoms with Gasteiger partial charge in [-0.3, -0.25) is 0 Å². The molecule has 0 atom stereocenters. The van der Waals surface area contributed by atoms with Gasteiger partial charge in [0.05, 0.1) is 18.1 Å². The molecule has 0 unspecified atom stereocenters. The molecule has 18 heavy (non-hydrogen) atoms. The molecule has 0 fully saturated rings. The minimum absolute atomic E-state index is 0.250. The van der Waals surface area contributed by atoms with Crippen LogP contribution in [-0.4, -0.2) is 27.0 Å². The van der Waals surface area contributed by atoms with Gasteiger partial charge in [-0.2, -0.15) is 0 Å². The number of nitrogens with zero attached hydrogens (tertiary/aromatic N) is 2. The third kappa shape index (κ3) is 1.55. The molecule has 3 rings (SSSR count). The summed E-state index contributed by atoms with van der Waals surface area (Å²) >= 11 is 0. The summed E-state index contributed by atoms with van der Waals surface area (Å²) in [5, 5.41) is 0. The van der Waals surface area contributed by atoms with Gasteiger partial charge < -0.3 is 14.7 Å². The number of hydrogen-bond acceptors (Lipinski definition) is 4. The lowest BCUT2D eigenvalue weighted by Crippen LogP contribution is -1.99. The summed E-state index contributed by atoms with van der Waals surface area (Å²) in [7, 11) is 1.54. The molecule has 2 N–H and O–H groups in total. The second kappa shape index (κ2) is 3.99. The Kier molecular flexibility index (Phi) is 2.33. The van der Waals surface area contributed by atoms with Gasteiger partial charge in [-0.05, 0) is 6.07 Å². The first kappa shape index (κ1) is 10.5. The highest BCUT2D eigenvalue weighted by Gasteiger charge is 2.12. The first-order chi connectivity index (χ1) is 8.79. The monoisotopic (exact) mass is 242 g/mol. The van der Waals surface area contributed by atoms with E-state index >= 15 is 0 Å². The fourth-order valence-electron chi connectivity index (χ4n) is 1.91. The fourth-order valence-corrected chi connectivity index (χ4v) is 1.91. The SMILES string of the molecule is COc1nccnc1-c1cccc2[nH]c(=O)[nH]c12. The standard InChI is InChI=1S/C12H10N4O2/c1-18-11-10(13-5-6-14-11)7-3-2-4-8-9(7)16-12(17)15-8/h2-6H,1H3,(H2,15,16,17). The molecule has 2 aromatic heterocycles. The fraction of sp³-hybridized carbons (Fsp3) is 0.0833. The van der Waals surface area contributed by atoms with Gasteiger partial charge in [-0.15, -0.1) is 0 Å². The number of hydrogen-bond donors (Lipinski definition) is 2. The van der Waals surface area contributed by atoms with Crippen molar-refractivity contribution in [2.75, 3.05) is 7.11 Å². The molecule has 0 saturated carbocycles. The van der Waals surface area contributed by atoms with Crippen LogP contribution in [0.1, 0.15) is 0 Å². The molecule has 0 amide bonds. The molecule has 0 aliphatic rings. The predicted molar refractivity (Wildman–Crippen MR) is 66.5 cm³/mol. The van der Waals surface area contributed by atoms with Gasteiger partial charge in [0.1, 0.15) is 5.69 Å². The average Bonchev–Trinajstić information content (AvgIpc) is 2.78. The molecule has 0 radical (unpaired) electrons. The van der Waals surface area contributed by atoms with Crippen molar-refractivity contribution in [3.05, 3.63) is 41.1 Å². The van der Waals surface area contributed by atoms with Crippen LogP contribution in [0, 0.1) is 0 Å². The lowest BCUT2D eigenvalue weighted by molar-refractivity contribution is 0.398.